The lowest BCUT2D eigenvalue weighted by molar-refractivity contribution is 0.194. The van der Waals surface area contributed by atoms with Crippen molar-refractivity contribution in [2.75, 3.05) is 20.1 Å². The topological polar surface area (TPSA) is 28.2 Å². The van der Waals surface area contributed by atoms with Crippen LogP contribution < -0.4 is 5.32 Å². The van der Waals surface area contributed by atoms with Crippen LogP contribution in [0, 0.1) is 0 Å². The molecule has 4 rings (SSSR count). The van der Waals surface area contributed by atoms with E-state index < -0.39 is 0 Å². The standard InChI is InChI=1S/C21H25N3S.C2H6/c1-22-18-10-12-24(13-11-18)15-17-8-6-16(7-9-17)14-21-23-19-4-2-3-5-20(19)25-21;1-2/h2-9,18,22H,10-15H2,1H3;1-2H3. The summed E-state index contributed by atoms with van der Waals surface area (Å²) in [6.07, 6.45) is 3.44. The minimum atomic E-state index is 0.701. The van der Waals surface area contributed by atoms with E-state index in [1.165, 1.54) is 46.8 Å². The van der Waals surface area contributed by atoms with E-state index >= 15 is 0 Å². The minimum Gasteiger partial charge on any atom is -0.317 e. The van der Waals surface area contributed by atoms with Gasteiger partial charge in [-0.15, -0.1) is 11.3 Å². The van der Waals surface area contributed by atoms with Crippen LogP contribution >= 0.6 is 11.3 Å². The number of rotatable bonds is 5. The summed E-state index contributed by atoms with van der Waals surface area (Å²) in [5, 5.41) is 4.59. The maximum Gasteiger partial charge on any atom is 0.0982 e. The molecule has 2 aromatic carbocycles. The highest BCUT2D eigenvalue weighted by Crippen LogP contribution is 2.24. The van der Waals surface area contributed by atoms with E-state index in [1.54, 1.807) is 11.3 Å². The summed E-state index contributed by atoms with van der Waals surface area (Å²) in [6.45, 7) is 7.45. The van der Waals surface area contributed by atoms with Gasteiger partial charge in [0.25, 0.3) is 0 Å². The Kier molecular flexibility index (Phi) is 7.39. The Bertz CT molecular complexity index is 784. The molecule has 0 saturated carbocycles. The molecule has 0 bridgehead atoms. The van der Waals surface area contributed by atoms with Crippen LogP contribution in [-0.4, -0.2) is 36.1 Å². The Morgan fingerprint density at radius 1 is 1.00 bits per heavy atom. The summed E-state index contributed by atoms with van der Waals surface area (Å²) in [4.78, 5) is 7.31. The largest absolute Gasteiger partial charge is 0.317 e. The predicted molar refractivity (Wildman–Crippen MR) is 118 cm³/mol. The van der Waals surface area contributed by atoms with Crippen LogP contribution in [-0.2, 0) is 13.0 Å². The van der Waals surface area contributed by atoms with E-state index in [0.29, 0.717) is 6.04 Å². The quantitative estimate of drug-likeness (QED) is 0.667. The molecule has 4 heteroatoms. The average Bonchev–Trinajstić information content (AvgIpc) is 3.14. The molecule has 27 heavy (non-hydrogen) atoms. The van der Waals surface area contributed by atoms with Crippen molar-refractivity contribution in [3.8, 4) is 0 Å². The van der Waals surface area contributed by atoms with E-state index in [-0.39, 0.29) is 0 Å². The molecule has 0 spiro atoms. The third-order valence-corrected chi connectivity index (χ3v) is 6.15. The molecule has 0 atom stereocenters. The van der Waals surface area contributed by atoms with Gasteiger partial charge in [0.1, 0.15) is 0 Å². The van der Waals surface area contributed by atoms with Gasteiger partial charge in [0.2, 0.25) is 0 Å². The van der Waals surface area contributed by atoms with Crippen molar-refractivity contribution in [3.63, 3.8) is 0 Å². The molecule has 1 aliphatic rings. The summed E-state index contributed by atoms with van der Waals surface area (Å²) in [6, 6.07) is 18.2. The van der Waals surface area contributed by atoms with Crippen LogP contribution in [0.2, 0.25) is 0 Å². The van der Waals surface area contributed by atoms with Crippen molar-refractivity contribution in [1.82, 2.24) is 15.2 Å². The number of thiazole rings is 1. The SMILES string of the molecule is CC.CNC1CCN(Cc2ccc(Cc3nc4ccccc4s3)cc2)CC1. The van der Waals surface area contributed by atoms with E-state index in [1.807, 2.05) is 13.8 Å². The Balaban J connectivity index is 0.00000102. The molecule has 1 fully saturated rings. The molecule has 0 amide bonds. The van der Waals surface area contributed by atoms with Crippen molar-refractivity contribution in [1.29, 1.82) is 0 Å². The number of piperidine rings is 1. The second-order valence-corrected chi connectivity index (χ2v) is 8.02. The number of hydrogen-bond acceptors (Lipinski definition) is 4. The summed E-state index contributed by atoms with van der Waals surface area (Å²) in [5.41, 5.74) is 3.87. The van der Waals surface area contributed by atoms with Crippen LogP contribution in [0.25, 0.3) is 10.2 Å². The normalized spacial score (nSPS) is 15.5. The summed E-state index contributed by atoms with van der Waals surface area (Å²) in [5.74, 6) is 0. The number of nitrogens with one attached hydrogen (secondary N) is 1. The van der Waals surface area contributed by atoms with E-state index in [0.717, 1.165) is 18.5 Å². The predicted octanol–water partition coefficient (Wildman–Crippen LogP) is 5.10. The van der Waals surface area contributed by atoms with Gasteiger partial charge in [0.05, 0.1) is 15.2 Å². The second-order valence-electron chi connectivity index (χ2n) is 6.91. The molecule has 2 heterocycles. The zero-order chi connectivity index (χ0) is 19.1. The highest BCUT2D eigenvalue weighted by atomic mass is 32.1. The zero-order valence-electron chi connectivity index (χ0n) is 16.7. The van der Waals surface area contributed by atoms with Gasteiger partial charge in [0.15, 0.2) is 0 Å². The molecular weight excluding hydrogens is 350 g/mol. The van der Waals surface area contributed by atoms with Crippen molar-refractivity contribution in [3.05, 3.63) is 64.7 Å². The molecular formula is C23H31N3S. The number of likely N-dealkylation sites (tertiary alicyclic amines) is 1. The monoisotopic (exact) mass is 381 g/mol. The third-order valence-electron chi connectivity index (χ3n) is 5.12. The van der Waals surface area contributed by atoms with Crippen molar-refractivity contribution < 1.29 is 0 Å². The fourth-order valence-electron chi connectivity index (χ4n) is 3.57. The molecule has 1 aliphatic heterocycles. The highest BCUT2D eigenvalue weighted by molar-refractivity contribution is 7.18. The molecule has 1 saturated heterocycles. The van der Waals surface area contributed by atoms with Gasteiger partial charge in [-0.25, -0.2) is 4.98 Å². The number of hydrogen-bond donors (Lipinski definition) is 1. The maximum atomic E-state index is 4.74. The summed E-state index contributed by atoms with van der Waals surface area (Å²) < 4.78 is 1.28. The molecule has 0 unspecified atom stereocenters. The fraction of sp³-hybridized carbons (Fsp3) is 0.435. The maximum absolute atomic E-state index is 4.74. The number of fused-ring (bicyclic) bond motifs is 1. The minimum absolute atomic E-state index is 0.701. The zero-order valence-corrected chi connectivity index (χ0v) is 17.6. The van der Waals surface area contributed by atoms with Gasteiger partial charge in [-0.3, -0.25) is 4.90 Å². The average molecular weight is 382 g/mol. The van der Waals surface area contributed by atoms with E-state index in [9.17, 15) is 0 Å². The van der Waals surface area contributed by atoms with Crippen molar-refractivity contribution in [2.45, 2.75) is 45.7 Å². The van der Waals surface area contributed by atoms with Crippen molar-refractivity contribution in [2.24, 2.45) is 0 Å². The number of aromatic nitrogens is 1. The lowest BCUT2D eigenvalue weighted by Gasteiger charge is -2.31. The van der Waals surface area contributed by atoms with Crippen LogP contribution in [0.1, 0.15) is 42.8 Å². The molecule has 0 radical (unpaired) electrons. The van der Waals surface area contributed by atoms with Gasteiger partial charge in [-0.2, -0.15) is 0 Å². The molecule has 1 N–H and O–H groups in total. The summed E-state index contributed by atoms with van der Waals surface area (Å²) in [7, 11) is 2.07. The first-order valence-electron chi connectivity index (χ1n) is 10.1. The fourth-order valence-corrected chi connectivity index (χ4v) is 4.57. The Morgan fingerprint density at radius 3 is 2.33 bits per heavy atom. The lowest BCUT2D eigenvalue weighted by Crippen LogP contribution is -2.40. The molecule has 144 valence electrons. The molecule has 3 aromatic rings. The van der Waals surface area contributed by atoms with Crippen molar-refractivity contribution >= 4 is 21.6 Å². The van der Waals surface area contributed by atoms with Gasteiger partial charge < -0.3 is 5.32 Å². The second kappa shape index (κ2) is 9.98. The van der Waals surface area contributed by atoms with Crippen LogP contribution in [0.3, 0.4) is 0 Å². The van der Waals surface area contributed by atoms with Crippen LogP contribution in [0.5, 0.6) is 0 Å². The van der Waals surface area contributed by atoms with Gasteiger partial charge in [-0.05, 0) is 56.2 Å². The first kappa shape index (κ1) is 20.0. The first-order chi connectivity index (χ1) is 13.3. The van der Waals surface area contributed by atoms with Crippen LogP contribution in [0.4, 0.5) is 0 Å². The first-order valence-corrected chi connectivity index (χ1v) is 10.9. The third kappa shape index (κ3) is 5.38. The summed E-state index contributed by atoms with van der Waals surface area (Å²) >= 11 is 1.80. The Hall–Kier alpha value is -1.75. The lowest BCUT2D eigenvalue weighted by atomic mass is 10.0. The van der Waals surface area contributed by atoms with Gasteiger partial charge in [-0.1, -0.05) is 50.2 Å². The Morgan fingerprint density at radius 2 is 1.67 bits per heavy atom. The van der Waals surface area contributed by atoms with E-state index in [2.05, 4.69) is 65.8 Å². The molecule has 3 nitrogen and oxygen atoms in total. The van der Waals surface area contributed by atoms with Gasteiger partial charge >= 0.3 is 0 Å². The number of para-hydroxylation sites is 1. The van der Waals surface area contributed by atoms with Gasteiger partial charge in [0, 0.05) is 19.0 Å². The smallest absolute Gasteiger partial charge is 0.0982 e. The highest BCUT2D eigenvalue weighted by Gasteiger charge is 2.17. The number of benzene rings is 2. The van der Waals surface area contributed by atoms with Crippen LogP contribution in [0.15, 0.2) is 48.5 Å². The molecule has 0 aliphatic carbocycles. The van der Waals surface area contributed by atoms with E-state index in [4.69, 9.17) is 4.98 Å². The number of nitrogens with zero attached hydrogens (tertiary/aromatic N) is 2. The Labute approximate surface area is 167 Å². The molecule has 1 aromatic heterocycles.